The molecule has 172 valence electrons. The van der Waals surface area contributed by atoms with Crippen LogP contribution >= 0.6 is 0 Å². The van der Waals surface area contributed by atoms with Crippen molar-refractivity contribution in [2.75, 3.05) is 26.2 Å². The minimum absolute atomic E-state index is 0.134. The lowest BCUT2D eigenvalue weighted by molar-refractivity contribution is -0.132. The third kappa shape index (κ3) is 6.45. The Kier molecular flexibility index (Phi) is 7.14. The first-order chi connectivity index (χ1) is 15.9. The molecule has 0 aromatic heterocycles. The van der Waals surface area contributed by atoms with Gasteiger partial charge in [0.05, 0.1) is 6.42 Å². The topological polar surface area (TPSA) is 32.8 Å². The van der Waals surface area contributed by atoms with E-state index >= 15 is 0 Å². The number of hydrogen-bond acceptors (Lipinski definition) is 3. The summed E-state index contributed by atoms with van der Waals surface area (Å²) in [5.41, 5.74) is 3.73. The summed E-state index contributed by atoms with van der Waals surface area (Å²) in [5.74, 6) is 1.92. The number of amides is 1. The Labute approximate surface area is 197 Å². The average Bonchev–Trinajstić information content (AvgIpc) is 2.80. The molecule has 1 aliphatic rings. The molecule has 4 nitrogen and oxygen atoms in total. The van der Waals surface area contributed by atoms with Gasteiger partial charge in [-0.2, -0.15) is 0 Å². The molecule has 0 aliphatic carbocycles. The van der Waals surface area contributed by atoms with Crippen molar-refractivity contribution in [1.82, 2.24) is 9.80 Å². The smallest absolute Gasteiger partial charge is 0.227 e. The Morgan fingerprint density at radius 2 is 1.45 bits per heavy atom. The average molecular weight is 443 g/mol. The minimum Gasteiger partial charge on any atom is -0.457 e. The van der Waals surface area contributed by atoms with Gasteiger partial charge in [0.1, 0.15) is 11.5 Å². The number of carbonyl (C=O) groups is 1. The summed E-state index contributed by atoms with van der Waals surface area (Å²) in [6, 6.07) is 26.6. The van der Waals surface area contributed by atoms with Crippen molar-refractivity contribution < 1.29 is 9.53 Å². The fraction of sp³-hybridized carbons (Fsp3) is 0.345. The van der Waals surface area contributed by atoms with Crippen molar-refractivity contribution in [2.24, 2.45) is 0 Å². The van der Waals surface area contributed by atoms with E-state index in [0.717, 1.165) is 49.8 Å². The molecule has 3 aromatic carbocycles. The van der Waals surface area contributed by atoms with Crippen molar-refractivity contribution in [3.63, 3.8) is 0 Å². The number of hydrogen-bond donors (Lipinski definition) is 0. The third-order valence-electron chi connectivity index (χ3n) is 6.18. The maximum Gasteiger partial charge on any atom is 0.227 e. The van der Waals surface area contributed by atoms with Gasteiger partial charge in [0, 0.05) is 32.7 Å². The molecule has 4 rings (SSSR count). The number of ether oxygens (including phenoxy) is 1. The maximum atomic E-state index is 12.6. The Morgan fingerprint density at radius 1 is 0.788 bits per heavy atom. The first-order valence-corrected chi connectivity index (χ1v) is 11.8. The zero-order valence-electron chi connectivity index (χ0n) is 20.0. The third-order valence-corrected chi connectivity index (χ3v) is 6.18. The molecule has 0 bridgehead atoms. The SMILES string of the molecule is CC(C)(C)c1ccc(Oc2cccc(CN3CCN(C(=O)Cc4ccccc4)CC3)c2)cc1. The molecule has 0 spiro atoms. The molecule has 1 aliphatic heterocycles. The highest BCUT2D eigenvalue weighted by Crippen LogP contribution is 2.27. The summed E-state index contributed by atoms with van der Waals surface area (Å²) >= 11 is 0. The van der Waals surface area contributed by atoms with Crippen molar-refractivity contribution in [3.05, 3.63) is 95.6 Å². The number of nitrogens with zero attached hydrogens (tertiary/aromatic N) is 2. The van der Waals surface area contributed by atoms with Crippen LogP contribution in [0.25, 0.3) is 0 Å². The molecule has 1 heterocycles. The van der Waals surface area contributed by atoms with Gasteiger partial charge >= 0.3 is 0 Å². The number of piperazine rings is 1. The second kappa shape index (κ2) is 10.2. The molecule has 3 aromatic rings. The van der Waals surface area contributed by atoms with Crippen LogP contribution in [0, 0.1) is 0 Å². The number of carbonyl (C=O) groups excluding carboxylic acids is 1. The van der Waals surface area contributed by atoms with Crippen LogP contribution in [0.5, 0.6) is 11.5 Å². The fourth-order valence-corrected chi connectivity index (χ4v) is 4.16. The highest BCUT2D eigenvalue weighted by molar-refractivity contribution is 5.78. The van der Waals surface area contributed by atoms with Crippen LogP contribution in [0.3, 0.4) is 0 Å². The quantitative estimate of drug-likeness (QED) is 0.494. The van der Waals surface area contributed by atoms with E-state index in [1.54, 1.807) is 0 Å². The van der Waals surface area contributed by atoms with E-state index in [0.29, 0.717) is 6.42 Å². The van der Waals surface area contributed by atoms with Gasteiger partial charge in [0.25, 0.3) is 0 Å². The van der Waals surface area contributed by atoms with E-state index in [1.165, 1.54) is 11.1 Å². The van der Waals surface area contributed by atoms with Crippen LogP contribution in [0.1, 0.15) is 37.5 Å². The summed E-state index contributed by atoms with van der Waals surface area (Å²) in [6.45, 7) is 10.8. The summed E-state index contributed by atoms with van der Waals surface area (Å²) in [4.78, 5) is 17.0. The first kappa shape index (κ1) is 23.1. The van der Waals surface area contributed by atoms with Gasteiger partial charge in [0.2, 0.25) is 5.91 Å². The first-order valence-electron chi connectivity index (χ1n) is 11.8. The lowest BCUT2D eigenvalue weighted by Gasteiger charge is -2.35. The number of benzene rings is 3. The maximum absolute atomic E-state index is 12.6. The Balaban J connectivity index is 1.29. The fourth-order valence-electron chi connectivity index (χ4n) is 4.16. The van der Waals surface area contributed by atoms with Crippen LogP contribution in [0.2, 0.25) is 0 Å². The van der Waals surface area contributed by atoms with Crippen LogP contribution in [0.15, 0.2) is 78.9 Å². The largest absolute Gasteiger partial charge is 0.457 e. The predicted molar refractivity (Wildman–Crippen MR) is 134 cm³/mol. The molecular weight excluding hydrogens is 408 g/mol. The Bertz CT molecular complexity index is 1050. The van der Waals surface area contributed by atoms with E-state index < -0.39 is 0 Å². The van der Waals surface area contributed by atoms with Crippen molar-refractivity contribution in [2.45, 2.75) is 39.2 Å². The van der Waals surface area contributed by atoms with E-state index in [2.05, 4.69) is 49.9 Å². The van der Waals surface area contributed by atoms with Crippen LogP contribution in [-0.4, -0.2) is 41.9 Å². The van der Waals surface area contributed by atoms with Crippen molar-refractivity contribution >= 4 is 5.91 Å². The Hall–Kier alpha value is -3.11. The van der Waals surface area contributed by atoms with Gasteiger partial charge in [-0.05, 0) is 46.4 Å². The molecule has 0 N–H and O–H groups in total. The lowest BCUT2D eigenvalue weighted by atomic mass is 9.87. The molecule has 0 unspecified atom stereocenters. The molecule has 4 heteroatoms. The van der Waals surface area contributed by atoms with E-state index in [9.17, 15) is 4.79 Å². The van der Waals surface area contributed by atoms with Gasteiger partial charge in [-0.1, -0.05) is 75.4 Å². The Morgan fingerprint density at radius 3 is 2.12 bits per heavy atom. The normalized spacial score (nSPS) is 14.8. The molecular formula is C29H34N2O2. The van der Waals surface area contributed by atoms with Gasteiger partial charge in [-0.3, -0.25) is 9.69 Å². The lowest BCUT2D eigenvalue weighted by Crippen LogP contribution is -2.48. The highest BCUT2D eigenvalue weighted by atomic mass is 16.5. The summed E-state index contributed by atoms with van der Waals surface area (Å²) in [7, 11) is 0. The van der Waals surface area contributed by atoms with E-state index in [-0.39, 0.29) is 11.3 Å². The summed E-state index contributed by atoms with van der Waals surface area (Å²) < 4.78 is 6.11. The van der Waals surface area contributed by atoms with Gasteiger partial charge in [0.15, 0.2) is 0 Å². The molecule has 0 radical (unpaired) electrons. The van der Waals surface area contributed by atoms with Crippen LogP contribution in [-0.2, 0) is 23.2 Å². The summed E-state index contributed by atoms with van der Waals surface area (Å²) in [5, 5.41) is 0. The molecule has 1 saturated heterocycles. The molecule has 1 fully saturated rings. The van der Waals surface area contributed by atoms with Gasteiger partial charge in [-0.25, -0.2) is 0 Å². The highest BCUT2D eigenvalue weighted by Gasteiger charge is 2.21. The summed E-state index contributed by atoms with van der Waals surface area (Å²) in [6.07, 6.45) is 0.483. The van der Waals surface area contributed by atoms with Gasteiger partial charge < -0.3 is 9.64 Å². The standard InChI is InChI=1S/C29H34N2O2/c1-29(2,3)25-12-14-26(15-13-25)33-27-11-7-10-24(20-27)22-30-16-18-31(19-17-30)28(32)21-23-8-5-4-6-9-23/h4-15,20H,16-19,21-22H2,1-3H3. The van der Waals surface area contributed by atoms with E-state index in [4.69, 9.17) is 4.74 Å². The van der Waals surface area contributed by atoms with Crippen molar-refractivity contribution in [1.29, 1.82) is 0 Å². The second-order valence-electron chi connectivity index (χ2n) is 9.84. The minimum atomic E-state index is 0.134. The van der Waals surface area contributed by atoms with Crippen molar-refractivity contribution in [3.8, 4) is 11.5 Å². The van der Waals surface area contributed by atoms with E-state index in [1.807, 2.05) is 59.5 Å². The zero-order chi connectivity index (χ0) is 23.3. The zero-order valence-corrected chi connectivity index (χ0v) is 20.0. The molecule has 0 atom stereocenters. The van der Waals surface area contributed by atoms with Crippen LogP contribution in [0.4, 0.5) is 0 Å². The predicted octanol–water partition coefficient (Wildman–Crippen LogP) is 5.66. The second-order valence-corrected chi connectivity index (χ2v) is 9.84. The van der Waals surface area contributed by atoms with Gasteiger partial charge in [-0.15, -0.1) is 0 Å². The monoisotopic (exact) mass is 442 g/mol. The molecule has 0 saturated carbocycles. The number of rotatable bonds is 6. The molecule has 33 heavy (non-hydrogen) atoms. The molecule has 1 amide bonds. The van der Waals surface area contributed by atoms with Crippen LogP contribution < -0.4 is 4.74 Å².